The van der Waals surface area contributed by atoms with E-state index in [1.54, 1.807) is 12.1 Å². The number of carbonyl (C=O) groups is 2. The summed E-state index contributed by atoms with van der Waals surface area (Å²) in [6, 6.07) is 3.23. The average molecular weight is 282 g/mol. The second-order valence-electron chi connectivity index (χ2n) is 4.78. The number of aliphatic hydroxyl groups excluding tert-OH is 1. The van der Waals surface area contributed by atoms with Crippen molar-refractivity contribution in [1.82, 2.24) is 5.32 Å². The Morgan fingerprint density at radius 3 is 2.74 bits per heavy atom. The van der Waals surface area contributed by atoms with Crippen LogP contribution in [0, 0.1) is 0 Å². The van der Waals surface area contributed by atoms with Crippen molar-refractivity contribution in [2.24, 2.45) is 0 Å². The molecule has 6 heteroatoms. The van der Waals surface area contributed by atoms with Crippen LogP contribution in [0.3, 0.4) is 0 Å². The molecular weight excluding hydrogens is 264 g/mol. The lowest BCUT2D eigenvalue weighted by atomic mass is 9.92. The first kappa shape index (κ1) is 14.0. The maximum absolute atomic E-state index is 12.0. The molecule has 1 aromatic heterocycles. The van der Waals surface area contributed by atoms with E-state index >= 15 is 0 Å². The third-order valence-electron chi connectivity index (χ3n) is 3.17. The summed E-state index contributed by atoms with van der Waals surface area (Å²) in [6.07, 6.45) is 3.15. The van der Waals surface area contributed by atoms with Crippen molar-refractivity contribution in [2.75, 3.05) is 5.32 Å². The highest BCUT2D eigenvalue weighted by Crippen LogP contribution is 2.23. The van der Waals surface area contributed by atoms with E-state index in [2.05, 4.69) is 10.6 Å². The van der Waals surface area contributed by atoms with Gasteiger partial charge in [0, 0.05) is 6.92 Å². The Morgan fingerprint density at radius 1 is 1.32 bits per heavy atom. The minimum absolute atomic E-state index is 0.156. The fraction of sp³-hybridized carbons (Fsp3) is 0.538. The van der Waals surface area contributed by atoms with E-state index in [0.29, 0.717) is 9.88 Å². The molecule has 0 aliphatic heterocycles. The Morgan fingerprint density at radius 2 is 2.05 bits per heavy atom. The smallest absolute Gasteiger partial charge is 0.261 e. The quantitative estimate of drug-likeness (QED) is 0.790. The summed E-state index contributed by atoms with van der Waals surface area (Å²) < 4.78 is 0. The summed E-state index contributed by atoms with van der Waals surface area (Å²) in [5.41, 5.74) is 0. The number of hydrogen-bond donors (Lipinski definition) is 3. The fourth-order valence-electron chi connectivity index (χ4n) is 2.22. The first-order valence-corrected chi connectivity index (χ1v) is 7.24. The van der Waals surface area contributed by atoms with Crippen molar-refractivity contribution in [2.45, 2.75) is 44.8 Å². The molecule has 5 nitrogen and oxygen atoms in total. The maximum atomic E-state index is 12.0. The lowest BCUT2D eigenvalue weighted by Crippen LogP contribution is -2.44. The molecule has 2 atom stereocenters. The zero-order valence-electron chi connectivity index (χ0n) is 10.8. The molecule has 1 heterocycles. The monoisotopic (exact) mass is 282 g/mol. The molecule has 0 saturated heterocycles. The molecule has 2 rings (SSSR count). The molecule has 1 fully saturated rings. The molecule has 0 aromatic carbocycles. The fourth-order valence-corrected chi connectivity index (χ4v) is 3.08. The van der Waals surface area contributed by atoms with Crippen molar-refractivity contribution < 1.29 is 14.7 Å². The van der Waals surface area contributed by atoms with Crippen LogP contribution < -0.4 is 10.6 Å². The lowest BCUT2D eigenvalue weighted by molar-refractivity contribution is -0.114. The predicted octanol–water partition coefficient (Wildman–Crippen LogP) is 1.74. The van der Waals surface area contributed by atoms with Gasteiger partial charge in [-0.1, -0.05) is 12.8 Å². The van der Waals surface area contributed by atoms with Gasteiger partial charge in [0.25, 0.3) is 5.91 Å². The SMILES string of the molecule is CC(=O)Nc1ccc(C(=O)N[C@@H]2CCCC[C@H]2O)s1. The molecule has 1 aromatic rings. The van der Waals surface area contributed by atoms with E-state index in [1.807, 2.05) is 0 Å². The van der Waals surface area contributed by atoms with Gasteiger partial charge < -0.3 is 15.7 Å². The van der Waals surface area contributed by atoms with Gasteiger partial charge in [0.05, 0.1) is 22.0 Å². The average Bonchev–Trinajstić information content (AvgIpc) is 2.79. The topological polar surface area (TPSA) is 78.4 Å². The van der Waals surface area contributed by atoms with Crippen LogP contribution in [0.5, 0.6) is 0 Å². The van der Waals surface area contributed by atoms with E-state index in [-0.39, 0.29) is 17.9 Å². The minimum Gasteiger partial charge on any atom is -0.391 e. The van der Waals surface area contributed by atoms with Crippen LogP contribution in [-0.2, 0) is 4.79 Å². The van der Waals surface area contributed by atoms with E-state index < -0.39 is 6.10 Å². The molecule has 104 valence electrons. The first-order valence-electron chi connectivity index (χ1n) is 6.42. The maximum Gasteiger partial charge on any atom is 0.261 e. The first-order chi connectivity index (χ1) is 9.06. The summed E-state index contributed by atoms with van der Waals surface area (Å²) in [6.45, 7) is 1.43. The molecule has 0 bridgehead atoms. The van der Waals surface area contributed by atoms with E-state index in [1.165, 1.54) is 18.3 Å². The number of carbonyl (C=O) groups excluding carboxylic acids is 2. The van der Waals surface area contributed by atoms with Crippen molar-refractivity contribution in [1.29, 1.82) is 0 Å². The third-order valence-corrected chi connectivity index (χ3v) is 4.17. The number of aliphatic hydroxyl groups is 1. The Labute approximate surface area is 116 Å². The predicted molar refractivity (Wildman–Crippen MR) is 74.4 cm³/mol. The van der Waals surface area contributed by atoms with Gasteiger partial charge in [-0.2, -0.15) is 0 Å². The van der Waals surface area contributed by atoms with Crippen molar-refractivity contribution in [3.8, 4) is 0 Å². The van der Waals surface area contributed by atoms with Gasteiger partial charge in [-0.05, 0) is 25.0 Å². The van der Waals surface area contributed by atoms with Gasteiger partial charge >= 0.3 is 0 Å². The van der Waals surface area contributed by atoms with E-state index in [0.717, 1.165) is 25.7 Å². The zero-order chi connectivity index (χ0) is 13.8. The Balaban J connectivity index is 1.95. The second kappa shape index (κ2) is 6.16. The molecular formula is C13H18N2O3S. The summed E-state index contributed by atoms with van der Waals surface area (Å²) in [5, 5.41) is 16.0. The number of thiophene rings is 1. The molecule has 2 amide bonds. The summed E-state index contributed by atoms with van der Waals surface area (Å²) in [5.74, 6) is -0.343. The highest BCUT2D eigenvalue weighted by atomic mass is 32.1. The summed E-state index contributed by atoms with van der Waals surface area (Å²) in [7, 11) is 0. The van der Waals surface area contributed by atoms with Gasteiger partial charge in [-0.15, -0.1) is 11.3 Å². The number of rotatable bonds is 3. The van der Waals surface area contributed by atoms with Crippen molar-refractivity contribution in [3.05, 3.63) is 17.0 Å². The molecule has 0 radical (unpaired) electrons. The van der Waals surface area contributed by atoms with Crippen LogP contribution in [0.15, 0.2) is 12.1 Å². The molecule has 1 saturated carbocycles. The number of hydrogen-bond acceptors (Lipinski definition) is 4. The molecule has 1 aliphatic rings. The number of nitrogens with one attached hydrogen (secondary N) is 2. The van der Waals surface area contributed by atoms with Crippen LogP contribution in [0.4, 0.5) is 5.00 Å². The summed E-state index contributed by atoms with van der Waals surface area (Å²) >= 11 is 1.23. The van der Waals surface area contributed by atoms with E-state index in [9.17, 15) is 14.7 Å². The van der Waals surface area contributed by atoms with Crippen LogP contribution in [0.25, 0.3) is 0 Å². The number of amides is 2. The largest absolute Gasteiger partial charge is 0.391 e. The third kappa shape index (κ3) is 3.78. The van der Waals surface area contributed by atoms with Crippen molar-refractivity contribution in [3.63, 3.8) is 0 Å². The van der Waals surface area contributed by atoms with Crippen LogP contribution in [0.2, 0.25) is 0 Å². The second-order valence-corrected chi connectivity index (χ2v) is 5.86. The van der Waals surface area contributed by atoms with Crippen molar-refractivity contribution >= 4 is 28.2 Å². The highest BCUT2D eigenvalue weighted by Gasteiger charge is 2.25. The normalized spacial score (nSPS) is 22.8. The molecule has 0 spiro atoms. The van der Waals surface area contributed by atoms with Crippen LogP contribution in [0.1, 0.15) is 42.3 Å². The van der Waals surface area contributed by atoms with Crippen LogP contribution in [-0.4, -0.2) is 29.1 Å². The minimum atomic E-state index is -0.451. The molecule has 1 aliphatic carbocycles. The van der Waals surface area contributed by atoms with E-state index in [4.69, 9.17) is 0 Å². The molecule has 19 heavy (non-hydrogen) atoms. The summed E-state index contributed by atoms with van der Waals surface area (Å²) in [4.78, 5) is 23.5. The Hall–Kier alpha value is -1.40. The van der Waals surface area contributed by atoms with Gasteiger partial charge in [0.15, 0.2) is 0 Å². The standard InChI is InChI=1S/C13H18N2O3S/c1-8(16)14-12-7-6-11(19-12)13(18)15-9-4-2-3-5-10(9)17/h6-7,9-10,17H,2-5H2,1H3,(H,14,16)(H,15,18)/t9-,10-/m1/s1. The van der Waals surface area contributed by atoms with Gasteiger partial charge in [-0.3, -0.25) is 9.59 Å². The zero-order valence-corrected chi connectivity index (χ0v) is 11.6. The van der Waals surface area contributed by atoms with Crippen LogP contribution >= 0.6 is 11.3 Å². The number of anilines is 1. The van der Waals surface area contributed by atoms with Gasteiger partial charge in [0.2, 0.25) is 5.91 Å². The lowest BCUT2D eigenvalue weighted by Gasteiger charge is -2.28. The molecule has 3 N–H and O–H groups in total. The highest BCUT2D eigenvalue weighted by molar-refractivity contribution is 7.18. The van der Waals surface area contributed by atoms with Gasteiger partial charge in [-0.25, -0.2) is 0 Å². The molecule has 0 unspecified atom stereocenters. The Bertz CT molecular complexity index is 472. The van der Waals surface area contributed by atoms with Gasteiger partial charge in [0.1, 0.15) is 0 Å². The Kier molecular flexibility index (Phi) is 4.55.